The molecule has 0 radical (unpaired) electrons. The van der Waals surface area contributed by atoms with E-state index in [-0.39, 0.29) is 0 Å². The molecule has 0 saturated heterocycles. The van der Waals surface area contributed by atoms with Crippen LogP contribution in [-0.4, -0.2) is 17.5 Å². The molecule has 0 fully saturated rings. The molecular weight excluding hydrogens is 268 g/mol. The molecule has 0 saturated carbocycles. The summed E-state index contributed by atoms with van der Waals surface area (Å²) in [5.74, 6) is 0. The van der Waals surface area contributed by atoms with Crippen LogP contribution in [0.2, 0.25) is 0 Å². The molecule has 0 aliphatic rings. The van der Waals surface area contributed by atoms with Crippen LogP contribution in [0, 0.1) is 11.3 Å². The first-order valence-corrected chi connectivity index (χ1v) is 6.65. The highest BCUT2D eigenvalue weighted by Gasteiger charge is 2.08. The van der Waals surface area contributed by atoms with Gasteiger partial charge in [-0.3, -0.25) is 0 Å². The van der Waals surface area contributed by atoms with Gasteiger partial charge in [0.15, 0.2) is 0 Å². The van der Waals surface area contributed by atoms with Crippen molar-refractivity contribution in [3.05, 3.63) is 16.1 Å². The van der Waals surface area contributed by atoms with Crippen LogP contribution in [0.15, 0.2) is 20.6 Å². The Morgan fingerprint density at radius 2 is 2.00 bits per heavy atom. The zero-order valence-electron chi connectivity index (χ0n) is 7.17. The molecule has 1 rings (SSSR count). The molecule has 1 aromatic rings. The summed E-state index contributed by atoms with van der Waals surface area (Å²) in [6.07, 6.45) is 3.88. The van der Waals surface area contributed by atoms with Crippen molar-refractivity contribution in [3.63, 3.8) is 0 Å². The average molecular weight is 275 g/mol. The van der Waals surface area contributed by atoms with E-state index in [1.54, 1.807) is 11.8 Å². The third-order valence-corrected chi connectivity index (χ3v) is 3.68. The van der Waals surface area contributed by atoms with E-state index in [1.165, 1.54) is 11.8 Å². The molecule has 5 heteroatoms. The van der Waals surface area contributed by atoms with Crippen LogP contribution in [0.3, 0.4) is 0 Å². The molecule has 0 aliphatic carbocycles. The van der Waals surface area contributed by atoms with Gasteiger partial charge in [0.25, 0.3) is 0 Å². The molecule has 1 heterocycles. The van der Waals surface area contributed by atoms with Crippen molar-refractivity contribution in [1.29, 1.82) is 5.26 Å². The molecule has 0 aromatic carbocycles. The first kappa shape index (κ1) is 10.9. The molecular formula is C8H7BrN2S2. The Morgan fingerprint density at radius 1 is 1.38 bits per heavy atom. The number of hydrogen-bond donors (Lipinski definition) is 0. The molecule has 0 amide bonds. The predicted octanol–water partition coefficient (Wildman–Crippen LogP) is 3.16. The molecule has 0 spiro atoms. The lowest BCUT2D eigenvalue weighted by Crippen LogP contribution is -1.89. The standard InChI is InChI=1S/C8H7BrN2S2/c1-12-7-5(4-10)3-6(9)8(11-7)13-2/h3H,1-2H3. The lowest BCUT2D eigenvalue weighted by Gasteiger charge is -2.04. The van der Waals surface area contributed by atoms with Crippen LogP contribution in [0.1, 0.15) is 5.56 Å². The number of thioether (sulfide) groups is 2. The van der Waals surface area contributed by atoms with E-state index < -0.39 is 0 Å². The maximum atomic E-state index is 8.81. The van der Waals surface area contributed by atoms with Crippen LogP contribution in [0.4, 0.5) is 0 Å². The fraction of sp³-hybridized carbons (Fsp3) is 0.250. The maximum Gasteiger partial charge on any atom is 0.115 e. The lowest BCUT2D eigenvalue weighted by atomic mass is 10.3. The quantitative estimate of drug-likeness (QED) is 0.777. The molecule has 0 atom stereocenters. The summed E-state index contributed by atoms with van der Waals surface area (Å²) in [6.45, 7) is 0. The van der Waals surface area contributed by atoms with Crippen molar-refractivity contribution in [3.8, 4) is 6.07 Å². The molecule has 2 nitrogen and oxygen atoms in total. The van der Waals surface area contributed by atoms with Gasteiger partial charge in [0.1, 0.15) is 16.1 Å². The lowest BCUT2D eigenvalue weighted by molar-refractivity contribution is 0.982. The normalized spacial score (nSPS) is 9.69. The Kier molecular flexibility index (Phi) is 4.10. The van der Waals surface area contributed by atoms with Crippen LogP contribution in [0.25, 0.3) is 0 Å². The average Bonchev–Trinajstić information content (AvgIpc) is 2.17. The van der Waals surface area contributed by atoms with Crippen molar-refractivity contribution < 1.29 is 0 Å². The van der Waals surface area contributed by atoms with E-state index >= 15 is 0 Å². The van der Waals surface area contributed by atoms with Crippen molar-refractivity contribution in [2.45, 2.75) is 10.1 Å². The zero-order valence-corrected chi connectivity index (χ0v) is 10.4. The molecule has 13 heavy (non-hydrogen) atoms. The minimum Gasteiger partial charge on any atom is -0.233 e. The van der Waals surface area contributed by atoms with Gasteiger partial charge in [-0.25, -0.2) is 4.98 Å². The van der Waals surface area contributed by atoms with Gasteiger partial charge < -0.3 is 0 Å². The highest BCUT2D eigenvalue weighted by molar-refractivity contribution is 9.10. The second-order valence-electron chi connectivity index (χ2n) is 2.15. The van der Waals surface area contributed by atoms with Crippen LogP contribution >= 0.6 is 39.5 Å². The van der Waals surface area contributed by atoms with Crippen molar-refractivity contribution in [2.24, 2.45) is 0 Å². The molecule has 68 valence electrons. The summed E-state index contributed by atoms with van der Waals surface area (Å²) in [5, 5.41) is 10.5. The number of halogens is 1. The van der Waals surface area contributed by atoms with Gasteiger partial charge in [0, 0.05) is 0 Å². The van der Waals surface area contributed by atoms with E-state index in [4.69, 9.17) is 5.26 Å². The van der Waals surface area contributed by atoms with Gasteiger partial charge in [-0.1, -0.05) is 0 Å². The number of nitriles is 1. The van der Waals surface area contributed by atoms with Gasteiger partial charge in [-0.05, 0) is 34.5 Å². The first-order chi connectivity index (χ1) is 6.22. The fourth-order valence-corrected chi connectivity index (χ4v) is 2.64. The minimum absolute atomic E-state index is 0.622. The van der Waals surface area contributed by atoms with E-state index in [0.29, 0.717) is 5.56 Å². The zero-order chi connectivity index (χ0) is 9.84. The van der Waals surface area contributed by atoms with Crippen molar-refractivity contribution >= 4 is 39.5 Å². The fourth-order valence-electron chi connectivity index (χ4n) is 0.835. The van der Waals surface area contributed by atoms with Crippen molar-refractivity contribution in [1.82, 2.24) is 4.98 Å². The summed E-state index contributed by atoms with van der Waals surface area (Å²) in [4.78, 5) is 4.34. The number of nitrogens with zero attached hydrogens (tertiary/aromatic N) is 2. The molecule has 1 aromatic heterocycles. The topological polar surface area (TPSA) is 36.7 Å². The SMILES string of the molecule is CSc1nc(SC)c(C#N)cc1Br. The number of aromatic nitrogens is 1. The number of pyridine rings is 1. The van der Waals surface area contributed by atoms with Crippen LogP contribution < -0.4 is 0 Å². The largest absolute Gasteiger partial charge is 0.233 e. The molecule has 0 N–H and O–H groups in total. The number of hydrogen-bond acceptors (Lipinski definition) is 4. The van der Waals surface area contributed by atoms with E-state index in [0.717, 1.165) is 14.5 Å². The van der Waals surface area contributed by atoms with Gasteiger partial charge in [-0.15, -0.1) is 23.5 Å². The van der Waals surface area contributed by atoms with E-state index in [2.05, 4.69) is 27.0 Å². The second kappa shape index (κ2) is 4.89. The Balaban J connectivity index is 3.28. The Bertz CT molecular complexity index is 360. The predicted molar refractivity (Wildman–Crippen MR) is 60.2 cm³/mol. The highest BCUT2D eigenvalue weighted by Crippen LogP contribution is 2.29. The highest BCUT2D eigenvalue weighted by atomic mass is 79.9. The summed E-state index contributed by atoms with van der Waals surface area (Å²) in [5.41, 5.74) is 0.622. The minimum atomic E-state index is 0.622. The molecule has 0 aliphatic heterocycles. The first-order valence-electron chi connectivity index (χ1n) is 3.41. The molecule has 0 unspecified atom stereocenters. The van der Waals surface area contributed by atoms with Gasteiger partial charge in [0.05, 0.1) is 10.0 Å². The van der Waals surface area contributed by atoms with Crippen LogP contribution in [0.5, 0.6) is 0 Å². The summed E-state index contributed by atoms with van der Waals surface area (Å²) in [7, 11) is 0. The Morgan fingerprint density at radius 3 is 2.46 bits per heavy atom. The third-order valence-electron chi connectivity index (χ3n) is 1.42. The summed E-state index contributed by atoms with van der Waals surface area (Å²) < 4.78 is 0.884. The Labute approximate surface area is 94.3 Å². The third kappa shape index (κ3) is 2.39. The Hall–Kier alpha value is -0.180. The van der Waals surface area contributed by atoms with Gasteiger partial charge >= 0.3 is 0 Å². The van der Waals surface area contributed by atoms with Crippen molar-refractivity contribution in [2.75, 3.05) is 12.5 Å². The second-order valence-corrected chi connectivity index (χ2v) is 4.59. The van der Waals surface area contributed by atoms with Gasteiger partial charge in [-0.2, -0.15) is 5.26 Å². The van der Waals surface area contributed by atoms with E-state index in [9.17, 15) is 0 Å². The monoisotopic (exact) mass is 274 g/mol. The maximum absolute atomic E-state index is 8.81. The summed E-state index contributed by atoms with van der Waals surface area (Å²) >= 11 is 6.42. The van der Waals surface area contributed by atoms with E-state index in [1.807, 2.05) is 18.6 Å². The smallest absolute Gasteiger partial charge is 0.115 e. The number of rotatable bonds is 2. The molecule has 0 bridgehead atoms. The summed E-state index contributed by atoms with van der Waals surface area (Å²) in [6, 6.07) is 3.93. The van der Waals surface area contributed by atoms with Gasteiger partial charge in [0.2, 0.25) is 0 Å². The van der Waals surface area contributed by atoms with Crippen LogP contribution in [-0.2, 0) is 0 Å².